The van der Waals surface area contributed by atoms with E-state index in [0.29, 0.717) is 135 Å². The van der Waals surface area contributed by atoms with E-state index in [2.05, 4.69) is 26.2 Å². The van der Waals surface area contributed by atoms with Crippen molar-refractivity contribution < 1.29 is 151 Å². The van der Waals surface area contributed by atoms with Gasteiger partial charge in [0.1, 0.15) is 58.9 Å². The van der Waals surface area contributed by atoms with Gasteiger partial charge in [0.25, 0.3) is 11.8 Å². The van der Waals surface area contributed by atoms with Crippen LogP contribution in [0.1, 0.15) is 224 Å². The number of alkyl halides is 1. The number of H-pyrrole nitrogens is 1. The van der Waals surface area contributed by atoms with Crippen LogP contribution in [0.2, 0.25) is 0 Å². The molecule has 8 fully saturated rings. The second-order valence-electron chi connectivity index (χ2n) is 42.5. The smallest absolute Gasteiger partial charge is 0.344 e. The normalized spacial score (nSPS) is 36.0. The van der Waals surface area contributed by atoms with Gasteiger partial charge < -0.3 is 99.8 Å². The van der Waals surface area contributed by atoms with Crippen LogP contribution in [0.25, 0.3) is 10.9 Å². The number of piperidine rings is 2. The van der Waals surface area contributed by atoms with Crippen LogP contribution < -0.4 is 25.4 Å². The van der Waals surface area contributed by atoms with Crippen LogP contribution in [0, 0.1) is 39.9 Å². The lowest BCUT2D eigenvalue weighted by Gasteiger charge is -2.63. The summed E-state index contributed by atoms with van der Waals surface area (Å²) >= 11 is 0. The number of halogens is 1. The van der Waals surface area contributed by atoms with E-state index in [4.69, 9.17) is 38.9 Å². The number of nitrogens with one attached hydrogen (secondary N) is 2. The molecule has 5 amide bonds. The summed E-state index contributed by atoms with van der Waals surface area (Å²) in [5.41, 5.74) is -5.34. The number of esters is 3. The number of aliphatic hydroxyl groups excluding tert-OH is 4. The van der Waals surface area contributed by atoms with Crippen molar-refractivity contribution in [2.24, 2.45) is 45.7 Å². The first-order valence-corrected chi connectivity index (χ1v) is 49.7. The summed E-state index contributed by atoms with van der Waals surface area (Å²) in [6.45, 7) is 13.2. The van der Waals surface area contributed by atoms with Crippen molar-refractivity contribution >= 4 is 93.5 Å². The van der Waals surface area contributed by atoms with Crippen LogP contribution in [0.4, 0.5) is 10.1 Å². The number of allylic oxidation sites excluding steroid dienone is 4. The number of carbonyl (C=O) groups excluding carboxylic acids is 13. The second kappa shape index (κ2) is 37.7. The number of phenolic OH excluding ortho intramolecular Hbond substituents is 2. The van der Waals surface area contributed by atoms with E-state index in [1.807, 2.05) is 50.3 Å². The summed E-state index contributed by atoms with van der Waals surface area (Å²) in [6, 6.07) is 19.2. The van der Waals surface area contributed by atoms with Gasteiger partial charge in [0, 0.05) is 143 Å². The van der Waals surface area contributed by atoms with Gasteiger partial charge in [-0.3, -0.25) is 77.6 Å². The molecule has 2 unspecified atom stereocenters. The molecule has 6 aromatic rings. The molecule has 7 aliphatic carbocycles. The van der Waals surface area contributed by atoms with Crippen molar-refractivity contribution in [3.05, 3.63) is 182 Å². The van der Waals surface area contributed by atoms with Gasteiger partial charge in [0.15, 0.2) is 41.2 Å². The Balaban J connectivity index is 0.000000139. The van der Waals surface area contributed by atoms with Crippen LogP contribution in [0.3, 0.4) is 0 Å². The first-order valence-electron chi connectivity index (χ1n) is 49.7. The van der Waals surface area contributed by atoms with E-state index in [-0.39, 0.29) is 83.6 Å². The quantitative estimate of drug-likeness (QED) is 0.0142. The fourth-order valence-corrected chi connectivity index (χ4v) is 28.8. The minimum atomic E-state index is -2.53. The third kappa shape index (κ3) is 15.2. The van der Waals surface area contributed by atoms with Crippen molar-refractivity contribution in [1.82, 2.24) is 25.0 Å². The number of para-hydroxylation sites is 1. The van der Waals surface area contributed by atoms with Gasteiger partial charge in [-0.1, -0.05) is 94.0 Å². The summed E-state index contributed by atoms with van der Waals surface area (Å²) in [6.07, 6.45) is 5.45. The Kier molecular flexibility index (Phi) is 26.8. The Bertz CT molecular complexity index is 6530. The van der Waals surface area contributed by atoms with Gasteiger partial charge in [-0.15, -0.1) is 0 Å². The standard InChI is InChI=1S/C46H56N4O10.C27H29NO11.C22H29FO5.C13H10N2O4/c1-7-42(55)22-28-23-45(40(53)58-5,36-30(14-18-48(24-28)25-42)29-12-9-10-13-33(29)47-36)32-20-31-34(21-35(32)57-4)50(26-51)38-44(31)16-19-49-17-11-15-43(8-2,37(44)49)39(60-27(3)52)46(38,56)41(54)59-6;1-10-22(31)13(28)6-17(38-10)39-15-8-27(36,16(30)9-29)7-12-19(15)26(35)21-20(24(12)33)23(32)11-4-3-5-14(37-2)18(11)25(21)34;1-12-8-16-15-5-4-13-9-14(25)6-7-19(13,2)21(15,23)17(26)10-20(16,3)22(12,28)18(27)11-24;16-10-6-5-9(11(17)14-10)15-12(18)7-3-1-2-4-8(7)13(15)19/h9-13,15,20-21,26,28,37-39,47,55-56H,7-8,14,16-19,22-25H2,1-6H3;3-5,10,13,15,17,22,29,31,33,35-36H,6-9,28H2,1-2H3;6-7,9,12,15-17,24,26,28H,4-5,8,10-11H2,1-3H3;1-4,9H,5-6H2,(H,14,16,17)/t28-,37-,38+,39+,42-,43+,44+,45-,46-;10-,13-,15-,17-,22+,27-;12-,15+,16+,17+,19+,20+,21+,22+;/m001./s1. The fourth-order valence-electron chi connectivity index (χ4n) is 28.8. The summed E-state index contributed by atoms with van der Waals surface area (Å²) in [7, 11) is 5.41. The SMILES string of the molecule is CC[C@]1(O)C[C@@H]2CN(CCc3c([nH]c4ccccc34)[C@@](C(=O)OC)(c3cc4c(cc3OC)N(C=O)[C@H]3[C@@](O)(C(=O)OC)[C@H](OC(C)=O)[C@]5(CC)C=CCN6CC[C@]43[C@@H]65)C2)C1.COc1cccc2c1C(=O)c1c(O)c3c(c(O)c1C2=O)C[C@@](O)(C(=O)CO)C[C@@H]3O[C@H]1C[C@H](N)[C@H](O)[C@H](C)O1.C[C@@H]1C[C@H]2[C@@H]3CCC4=CC(=O)C=C[C@]4(C)[C@@]3(F)[C@@H](O)C[C@]2(C)[C@@]1(O)C(=O)CO.O=C1CCC(N2C(=O)c3ccccc3C2=O)C(=O)N1. The number of rotatable bonds is 16. The minimum Gasteiger partial charge on any atom is -0.507 e. The molecule has 21 rings (SSSR count). The number of aromatic hydroxyl groups is 2. The predicted molar refractivity (Wildman–Crippen MR) is 515 cm³/mol. The number of ether oxygens (including phenoxy) is 7. The first kappa shape index (κ1) is 104. The lowest BCUT2D eigenvalue weighted by atomic mass is 9.44. The van der Waals surface area contributed by atoms with Gasteiger partial charge >= 0.3 is 17.9 Å². The molecule has 4 saturated heterocycles. The number of fused-ring (bicyclic) bond motifs is 15. The summed E-state index contributed by atoms with van der Waals surface area (Å²) in [4.78, 5) is 178. The number of ketones is 5. The molecule has 5 aromatic carbocycles. The van der Waals surface area contributed by atoms with E-state index in [0.717, 1.165) is 21.4 Å². The molecule has 25 atom stereocenters. The molecule has 37 nitrogen and oxygen atoms in total. The molecule has 2 bridgehead atoms. The number of Topliss-reactive ketones (excluding diaryl/α,β-unsaturated/α-hetero) is 2. The van der Waals surface area contributed by atoms with Gasteiger partial charge in [-0.2, -0.15) is 0 Å². The molecular formula is C108H124FN7O30. The Morgan fingerprint density at radius 2 is 1.39 bits per heavy atom. The summed E-state index contributed by atoms with van der Waals surface area (Å²) in [5, 5.41) is 114. The maximum absolute atomic E-state index is 16.9. The fraction of sp³-hybridized carbons (Fsp3) is 0.528. The lowest BCUT2D eigenvalue weighted by Crippen LogP contribution is -2.81. The monoisotopic (exact) mass is 2020 g/mol. The van der Waals surface area contributed by atoms with E-state index < -0.39 is 235 Å². The Hall–Kier alpha value is -12.0. The Morgan fingerprint density at radius 3 is 2.03 bits per heavy atom. The highest BCUT2D eigenvalue weighted by molar-refractivity contribution is 6.31. The van der Waals surface area contributed by atoms with Crippen molar-refractivity contribution in [3.8, 4) is 23.0 Å². The van der Waals surface area contributed by atoms with Crippen LogP contribution in [0.15, 0.2) is 115 Å². The number of anilines is 1. The number of imide groups is 2. The number of methoxy groups -OCH3 is 4. The number of aromatic amines is 1. The minimum absolute atomic E-state index is 0.0173. The molecule has 1 aromatic heterocycles. The summed E-state index contributed by atoms with van der Waals surface area (Å²) in [5.74, 6) is -9.88. The van der Waals surface area contributed by atoms with Crippen molar-refractivity contribution in [2.45, 2.75) is 245 Å². The number of aromatic nitrogens is 1. The van der Waals surface area contributed by atoms with Crippen LogP contribution in [-0.2, 0) is 90.5 Å². The number of hydrogen-bond donors (Lipinski definition) is 13. The van der Waals surface area contributed by atoms with Crippen LogP contribution in [-0.4, -0.2) is 305 Å². The third-order valence-electron chi connectivity index (χ3n) is 35.4. The number of nitrogens with two attached hydrogens (primary N) is 1. The van der Waals surface area contributed by atoms with Gasteiger partial charge in [-0.25, -0.2) is 9.18 Å². The molecular weight excluding hydrogens is 1890 g/mol. The van der Waals surface area contributed by atoms with Gasteiger partial charge in [-0.05, 0) is 162 Å². The van der Waals surface area contributed by atoms with Gasteiger partial charge in [0.05, 0.1) is 98.0 Å². The molecule has 146 heavy (non-hydrogen) atoms. The number of carbonyl (C=O) groups is 13. The van der Waals surface area contributed by atoms with Crippen LogP contribution in [0.5, 0.6) is 23.0 Å². The lowest BCUT2D eigenvalue weighted by molar-refractivity contribution is -0.247. The molecule has 14 N–H and O–H groups in total. The zero-order valence-electron chi connectivity index (χ0n) is 83.0. The maximum atomic E-state index is 16.9. The molecule has 4 saturated carbocycles. The average Bonchev–Trinajstić information content (AvgIpc) is 1.47. The zero-order chi connectivity index (χ0) is 105. The average molecular weight is 2020 g/mol. The van der Waals surface area contributed by atoms with Gasteiger partial charge in [0.2, 0.25) is 29.6 Å². The largest absolute Gasteiger partial charge is 0.507 e. The number of nitrogens with zero attached hydrogens (tertiary/aromatic N) is 4. The molecule has 8 aliphatic heterocycles. The summed E-state index contributed by atoms with van der Waals surface area (Å²) < 4.78 is 57.5. The van der Waals surface area contributed by atoms with E-state index >= 15 is 9.18 Å². The number of hydrogen-bond acceptors (Lipinski definition) is 33. The molecule has 1 spiro atoms. The third-order valence-corrected chi connectivity index (χ3v) is 35.4. The molecule has 15 aliphatic rings. The molecule has 9 heterocycles. The van der Waals surface area contributed by atoms with Crippen molar-refractivity contribution in [2.75, 3.05) is 79.3 Å². The van der Waals surface area contributed by atoms with E-state index in [9.17, 15) is 109 Å². The van der Waals surface area contributed by atoms with Crippen molar-refractivity contribution in [3.63, 3.8) is 0 Å². The Labute approximate surface area is 839 Å². The highest BCUT2D eigenvalue weighted by atomic mass is 19.1. The second-order valence-corrected chi connectivity index (χ2v) is 42.5. The number of aliphatic hydroxyl groups is 8. The van der Waals surface area contributed by atoms with Crippen molar-refractivity contribution in [1.29, 1.82) is 0 Å². The molecule has 38 heteroatoms. The molecule has 0 radical (unpaired) electrons. The highest BCUT2D eigenvalue weighted by Gasteiger charge is 2.82. The number of phenols is 2. The predicted octanol–water partition coefficient (Wildman–Crippen LogP) is 5.50. The first-order chi connectivity index (χ1) is 69.2. The highest BCUT2D eigenvalue weighted by Crippen LogP contribution is 2.73. The molecule has 778 valence electrons. The topological polar surface area (TPSA) is 556 Å². The van der Waals surface area contributed by atoms with E-state index in [1.165, 1.54) is 70.6 Å². The maximum Gasteiger partial charge on any atom is 0.344 e. The van der Waals surface area contributed by atoms with Crippen LogP contribution >= 0.6 is 0 Å². The number of amides is 5. The van der Waals surface area contributed by atoms with E-state index in [1.54, 1.807) is 64.1 Å². The number of benzene rings is 5. The zero-order valence-corrected chi connectivity index (χ0v) is 83.0. The Morgan fingerprint density at radius 1 is 0.712 bits per heavy atom.